The molecule has 0 aliphatic carbocycles. The van der Waals surface area contributed by atoms with E-state index in [-0.39, 0.29) is 22.7 Å². The first-order valence-corrected chi connectivity index (χ1v) is 10.8. The number of fused-ring (bicyclic) bond motifs is 1. The van der Waals surface area contributed by atoms with Crippen molar-refractivity contribution in [2.24, 2.45) is 5.92 Å². The van der Waals surface area contributed by atoms with Gasteiger partial charge in [0.25, 0.3) is 0 Å². The Morgan fingerprint density at radius 2 is 1.94 bits per heavy atom. The highest BCUT2D eigenvalue weighted by Gasteiger charge is 2.36. The van der Waals surface area contributed by atoms with Crippen molar-refractivity contribution in [2.75, 3.05) is 6.61 Å². The van der Waals surface area contributed by atoms with Crippen LogP contribution in [-0.2, 0) is 14.3 Å². The number of benzene rings is 2. The molecule has 32 heavy (non-hydrogen) atoms. The molecule has 6 nitrogen and oxygen atoms in total. The molecule has 3 atom stereocenters. The van der Waals surface area contributed by atoms with E-state index in [1.54, 1.807) is 36.4 Å². The highest BCUT2D eigenvalue weighted by molar-refractivity contribution is 6.31. The number of ether oxygens (including phenoxy) is 2. The second-order valence-corrected chi connectivity index (χ2v) is 8.09. The van der Waals surface area contributed by atoms with Crippen LogP contribution in [-0.4, -0.2) is 18.0 Å². The third-order valence-electron chi connectivity index (χ3n) is 5.48. The van der Waals surface area contributed by atoms with Crippen molar-refractivity contribution in [3.8, 4) is 5.75 Å². The molecule has 0 amide bonds. The SMILES string of the molecule is O=CCC/C=C\C[C@@H]1CO[C@H](c2coc3ccc(Cl)cc3c2=O)O[C@@H]1c1ccccc1O. The number of phenols is 1. The van der Waals surface area contributed by atoms with Crippen LogP contribution in [0.1, 0.15) is 42.8 Å². The molecule has 1 aliphatic heterocycles. The van der Waals surface area contributed by atoms with Crippen molar-refractivity contribution in [1.82, 2.24) is 0 Å². The summed E-state index contributed by atoms with van der Waals surface area (Å²) in [5.74, 6) is 0.0272. The average molecular weight is 455 g/mol. The first-order chi connectivity index (χ1) is 15.6. The minimum absolute atomic E-state index is 0.0889. The fourth-order valence-corrected chi connectivity index (χ4v) is 4.00. The quantitative estimate of drug-likeness (QED) is 0.289. The maximum Gasteiger partial charge on any atom is 0.201 e. The smallest absolute Gasteiger partial charge is 0.201 e. The van der Waals surface area contributed by atoms with Crippen LogP contribution in [0.15, 0.2) is 70.1 Å². The number of halogens is 1. The molecule has 7 heteroatoms. The summed E-state index contributed by atoms with van der Waals surface area (Å²) in [7, 11) is 0. The Morgan fingerprint density at radius 1 is 1.09 bits per heavy atom. The van der Waals surface area contributed by atoms with Crippen molar-refractivity contribution in [3.05, 3.63) is 87.3 Å². The molecular weight excluding hydrogens is 432 g/mol. The topological polar surface area (TPSA) is 86.0 Å². The Labute approximate surface area is 190 Å². The largest absolute Gasteiger partial charge is 0.508 e. The van der Waals surface area contributed by atoms with E-state index in [1.807, 2.05) is 18.2 Å². The van der Waals surface area contributed by atoms with E-state index in [1.165, 1.54) is 6.26 Å². The molecule has 166 valence electrons. The van der Waals surface area contributed by atoms with Crippen molar-refractivity contribution in [2.45, 2.75) is 31.7 Å². The number of hydrogen-bond acceptors (Lipinski definition) is 6. The highest BCUT2D eigenvalue weighted by Crippen LogP contribution is 2.42. The lowest BCUT2D eigenvalue weighted by molar-refractivity contribution is -0.244. The van der Waals surface area contributed by atoms with Gasteiger partial charge in [-0.15, -0.1) is 0 Å². The van der Waals surface area contributed by atoms with Crippen LogP contribution in [0.4, 0.5) is 0 Å². The zero-order valence-electron chi connectivity index (χ0n) is 17.3. The fraction of sp³-hybridized carbons (Fsp3) is 0.280. The predicted octanol–water partition coefficient (Wildman–Crippen LogP) is 5.48. The number of aldehydes is 1. The molecule has 1 N–H and O–H groups in total. The monoisotopic (exact) mass is 454 g/mol. The van der Waals surface area contributed by atoms with Crippen LogP contribution >= 0.6 is 11.6 Å². The number of allylic oxidation sites excluding steroid dienone is 2. The predicted molar refractivity (Wildman–Crippen MR) is 121 cm³/mol. The summed E-state index contributed by atoms with van der Waals surface area (Å²) >= 11 is 6.05. The molecule has 1 saturated heterocycles. The lowest BCUT2D eigenvalue weighted by atomic mass is 9.91. The molecule has 2 heterocycles. The Balaban J connectivity index is 1.63. The summed E-state index contributed by atoms with van der Waals surface area (Å²) in [6, 6.07) is 11.8. The summed E-state index contributed by atoms with van der Waals surface area (Å²) in [4.78, 5) is 23.6. The van der Waals surface area contributed by atoms with Crippen molar-refractivity contribution in [1.29, 1.82) is 0 Å². The minimum Gasteiger partial charge on any atom is -0.508 e. The average Bonchev–Trinajstić information content (AvgIpc) is 2.80. The summed E-state index contributed by atoms with van der Waals surface area (Å²) in [6.45, 7) is 0.314. The molecule has 1 aliphatic rings. The van der Waals surface area contributed by atoms with Crippen LogP contribution in [0.3, 0.4) is 0 Å². The summed E-state index contributed by atoms with van der Waals surface area (Å²) in [5, 5.41) is 11.2. The van der Waals surface area contributed by atoms with E-state index in [4.69, 9.17) is 25.5 Å². The van der Waals surface area contributed by atoms with Gasteiger partial charge in [0, 0.05) is 22.9 Å². The molecule has 2 aromatic carbocycles. The van der Waals surface area contributed by atoms with Gasteiger partial charge in [-0.3, -0.25) is 4.79 Å². The first kappa shape index (κ1) is 22.3. The normalized spacial score (nSPS) is 21.2. The molecule has 0 saturated carbocycles. The van der Waals surface area contributed by atoms with E-state index in [0.29, 0.717) is 47.4 Å². The van der Waals surface area contributed by atoms with E-state index in [2.05, 4.69) is 0 Å². The molecule has 3 aromatic rings. The van der Waals surface area contributed by atoms with Gasteiger partial charge in [0.15, 0.2) is 6.29 Å². The Bertz CT molecular complexity index is 1180. The van der Waals surface area contributed by atoms with E-state index in [0.717, 1.165) is 6.29 Å². The van der Waals surface area contributed by atoms with Gasteiger partial charge >= 0.3 is 0 Å². The van der Waals surface area contributed by atoms with E-state index < -0.39 is 12.4 Å². The van der Waals surface area contributed by atoms with Gasteiger partial charge in [0.05, 0.1) is 23.7 Å². The number of phenolic OH excluding ortho intramolecular Hbond substituents is 1. The zero-order valence-corrected chi connectivity index (χ0v) is 18.0. The Morgan fingerprint density at radius 3 is 2.75 bits per heavy atom. The Kier molecular flexibility index (Phi) is 7.05. The van der Waals surface area contributed by atoms with Crippen molar-refractivity contribution in [3.63, 3.8) is 0 Å². The van der Waals surface area contributed by atoms with Gasteiger partial charge < -0.3 is 23.8 Å². The second kappa shape index (κ2) is 10.1. The molecular formula is C25H23ClO6. The molecule has 0 radical (unpaired) electrons. The summed E-state index contributed by atoms with van der Waals surface area (Å²) in [5.41, 5.74) is 1.01. The number of hydrogen-bond donors (Lipinski definition) is 1. The van der Waals surface area contributed by atoms with Gasteiger partial charge in [-0.2, -0.15) is 0 Å². The minimum atomic E-state index is -0.950. The molecule has 0 spiro atoms. The number of carbonyl (C=O) groups excluding carboxylic acids is 1. The van der Waals surface area contributed by atoms with Crippen LogP contribution in [0.5, 0.6) is 5.75 Å². The van der Waals surface area contributed by atoms with Gasteiger partial charge in [0.2, 0.25) is 5.43 Å². The number of aromatic hydroxyl groups is 1. The molecule has 1 fully saturated rings. The van der Waals surface area contributed by atoms with Crippen LogP contribution in [0.25, 0.3) is 11.0 Å². The van der Waals surface area contributed by atoms with E-state index >= 15 is 0 Å². The number of unbranched alkanes of at least 4 members (excludes halogenated alkanes) is 1. The maximum absolute atomic E-state index is 13.1. The third-order valence-corrected chi connectivity index (χ3v) is 5.71. The maximum atomic E-state index is 13.1. The van der Waals surface area contributed by atoms with Gasteiger partial charge in [-0.1, -0.05) is 42.0 Å². The Hall–Kier alpha value is -2.93. The first-order valence-electron chi connectivity index (χ1n) is 10.4. The van der Waals surface area contributed by atoms with Crippen LogP contribution in [0.2, 0.25) is 5.02 Å². The molecule has 1 aromatic heterocycles. The van der Waals surface area contributed by atoms with E-state index in [9.17, 15) is 14.7 Å². The third kappa shape index (κ3) is 4.78. The lowest BCUT2D eigenvalue weighted by Gasteiger charge is -2.36. The van der Waals surface area contributed by atoms with Crippen molar-refractivity contribution < 1.29 is 23.8 Å². The number of rotatable bonds is 7. The van der Waals surface area contributed by atoms with Gasteiger partial charge in [0.1, 0.15) is 23.9 Å². The van der Waals surface area contributed by atoms with Gasteiger partial charge in [-0.05, 0) is 37.1 Å². The number of carbonyl (C=O) groups is 1. The molecule has 0 bridgehead atoms. The molecule has 4 rings (SSSR count). The van der Waals surface area contributed by atoms with Gasteiger partial charge in [-0.25, -0.2) is 0 Å². The molecule has 0 unspecified atom stereocenters. The summed E-state index contributed by atoms with van der Waals surface area (Å²) in [6.07, 6.45) is 6.50. The number of para-hydroxylation sites is 1. The van der Waals surface area contributed by atoms with Crippen LogP contribution < -0.4 is 5.43 Å². The summed E-state index contributed by atoms with van der Waals surface area (Å²) < 4.78 is 17.8. The fourth-order valence-electron chi connectivity index (χ4n) is 3.83. The lowest BCUT2D eigenvalue weighted by Crippen LogP contribution is -2.32. The van der Waals surface area contributed by atoms with Crippen LogP contribution in [0, 0.1) is 5.92 Å². The standard InChI is InChI=1S/C25H23ClO6/c26-17-10-11-22-19(13-17)23(29)20(15-30-22)25-31-14-16(7-3-1-2-6-12-27)24(32-25)18-8-4-5-9-21(18)28/h1,3-5,8-13,15-16,24-25,28H,2,6-7,14H2/b3-1-/t16-,24+,25+/m1/s1. The van der Waals surface area contributed by atoms with Crippen molar-refractivity contribution >= 4 is 28.9 Å². The highest BCUT2D eigenvalue weighted by atomic mass is 35.5. The zero-order chi connectivity index (χ0) is 22.5. The second-order valence-electron chi connectivity index (χ2n) is 7.65.